The van der Waals surface area contributed by atoms with Crippen LogP contribution in [0.25, 0.3) is 0 Å². The zero-order chi connectivity index (χ0) is 19.3. The van der Waals surface area contributed by atoms with E-state index in [-0.39, 0.29) is 29.6 Å². The summed E-state index contributed by atoms with van der Waals surface area (Å²) in [5.41, 5.74) is 5.81. The van der Waals surface area contributed by atoms with Crippen molar-refractivity contribution in [1.29, 1.82) is 0 Å². The Hall–Kier alpha value is -2.08. The van der Waals surface area contributed by atoms with Gasteiger partial charge >= 0.3 is 0 Å². The molecule has 1 fully saturated rings. The molecule has 0 aromatic heterocycles. The van der Waals surface area contributed by atoms with Gasteiger partial charge in [-0.2, -0.15) is 0 Å². The smallest absolute Gasteiger partial charge is 0.251 e. The molecule has 1 heterocycles. The third-order valence-corrected chi connectivity index (χ3v) is 4.88. The van der Waals surface area contributed by atoms with Crippen LogP contribution in [0.3, 0.4) is 0 Å². The van der Waals surface area contributed by atoms with Crippen LogP contribution in [-0.2, 0) is 9.59 Å². The SMILES string of the molecule is CC(C)CC(NC(=O)c1ccc(Cl)cc1)C(=O)N1CCC(C(N)=O)CC1. The minimum atomic E-state index is -0.594. The van der Waals surface area contributed by atoms with Crippen LogP contribution in [-0.4, -0.2) is 41.8 Å². The minimum absolute atomic E-state index is 0.107. The highest BCUT2D eigenvalue weighted by atomic mass is 35.5. The molecule has 0 spiro atoms. The molecule has 1 aromatic rings. The van der Waals surface area contributed by atoms with Crippen molar-refractivity contribution in [3.63, 3.8) is 0 Å². The number of amides is 3. The summed E-state index contributed by atoms with van der Waals surface area (Å²) < 4.78 is 0. The van der Waals surface area contributed by atoms with Crippen LogP contribution in [0.2, 0.25) is 5.02 Å². The monoisotopic (exact) mass is 379 g/mol. The highest BCUT2D eigenvalue weighted by molar-refractivity contribution is 6.30. The molecule has 7 heteroatoms. The zero-order valence-electron chi connectivity index (χ0n) is 15.2. The van der Waals surface area contributed by atoms with E-state index in [1.807, 2.05) is 13.8 Å². The Balaban J connectivity index is 2.04. The van der Waals surface area contributed by atoms with Crippen LogP contribution in [0, 0.1) is 11.8 Å². The Morgan fingerprint density at radius 2 is 1.77 bits per heavy atom. The van der Waals surface area contributed by atoms with E-state index in [9.17, 15) is 14.4 Å². The second-order valence-corrected chi connectivity index (χ2v) is 7.60. The molecular weight excluding hydrogens is 354 g/mol. The van der Waals surface area contributed by atoms with Crippen LogP contribution in [0.4, 0.5) is 0 Å². The molecule has 0 radical (unpaired) electrons. The molecule has 0 aliphatic carbocycles. The predicted molar refractivity (Wildman–Crippen MR) is 101 cm³/mol. The number of nitrogens with zero attached hydrogens (tertiary/aromatic N) is 1. The molecule has 3 N–H and O–H groups in total. The topological polar surface area (TPSA) is 92.5 Å². The van der Waals surface area contributed by atoms with Crippen molar-refractivity contribution in [3.8, 4) is 0 Å². The maximum atomic E-state index is 12.9. The number of nitrogens with two attached hydrogens (primary N) is 1. The number of carbonyl (C=O) groups is 3. The summed E-state index contributed by atoms with van der Waals surface area (Å²) in [5.74, 6) is -0.646. The van der Waals surface area contributed by atoms with Crippen molar-refractivity contribution in [2.24, 2.45) is 17.6 Å². The van der Waals surface area contributed by atoms with Gasteiger partial charge < -0.3 is 16.0 Å². The first-order valence-corrected chi connectivity index (χ1v) is 9.30. The van der Waals surface area contributed by atoms with Gasteiger partial charge in [0.25, 0.3) is 5.91 Å². The normalized spacial score (nSPS) is 16.4. The van der Waals surface area contributed by atoms with E-state index in [0.29, 0.717) is 42.9 Å². The Labute approximate surface area is 159 Å². The van der Waals surface area contributed by atoms with E-state index in [2.05, 4.69) is 5.32 Å². The zero-order valence-corrected chi connectivity index (χ0v) is 16.0. The summed E-state index contributed by atoms with van der Waals surface area (Å²) in [4.78, 5) is 38.4. The lowest BCUT2D eigenvalue weighted by molar-refractivity contribution is -0.137. The summed E-state index contributed by atoms with van der Waals surface area (Å²) >= 11 is 5.85. The number of hydrogen-bond acceptors (Lipinski definition) is 3. The van der Waals surface area contributed by atoms with E-state index in [0.717, 1.165) is 0 Å². The maximum absolute atomic E-state index is 12.9. The number of piperidine rings is 1. The van der Waals surface area contributed by atoms with Crippen LogP contribution in [0.5, 0.6) is 0 Å². The molecule has 1 aromatic carbocycles. The van der Waals surface area contributed by atoms with Gasteiger partial charge in [-0.1, -0.05) is 25.4 Å². The largest absolute Gasteiger partial charge is 0.369 e. The third-order valence-electron chi connectivity index (χ3n) is 4.63. The van der Waals surface area contributed by atoms with Gasteiger partial charge in [-0.05, 0) is 49.4 Å². The molecule has 1 unspecified atom stereocenters. The molecule has 3 amide bonds. The van der Waals surface area contributed by atoms with E-state index in [1.54, 1.807) is 29.2 Å². The van der Waals surface area contributed by atoms with E-state index < -0.39 is 6.04 Å². The van der Waals surface area contributed by atoms with Gasteiger partial charge in [0.1, 0.15) is 6.04 Å². The number of hydrogen-bond donors (Lipinski definition) is 2. The molecule has 2 rings (SSSR count). The Kier molecular flexibility index (Phi) is 7.03. The van der Waals surface area contributed by atoms with Gasteiger partial charge in [0.15, 0.2) is 0 Å². The Morgan fingerprint density at radius 3 is 2.27 bits per heavy atom. The summed E-state index contributed by atoms with van der Waals surface area (Å²) in [7, 11) is 0. The fourth-order valence-corrected chi connectivity index (χ4v) is 3.27. The lowest BCUT2D eigenvalue weighted by Crippen LogP contribution is -2.52. The second kappa shape index (κ2) is 9.03. The van der Waals surface area contributed by atoms with Crippen molar-refractivity contribution in [1.82, 2.24) is 10.2 Å². The van der Waals surface area contributed by atoms with Gasteiger partial charge in [0.05, 0.1) is 0 Å². The minimum Gasteiger partial charge on any atom is -0.369 e. The molecule has 1 saturated heterocycles. The Bertz CT molecular complexity index is 652. The standard InChI is InChI=1S/C19H26ClN3O3/c1-12(2)11-16(22-18(25)14-3-5-15(20)6-4-14)19(26)23-9-7-13(8-10-23)17(21)24/h3-6,12-13,16H,7-11H2,1-2H3,(H2,21,24)(H,22,25). The summed E-state index contributed by atoms with van der Waals surface area (Å²) in [6.07, 6.45) is 1.69. The summed E-state index contributed by atoms with van der Waals surface area (Å²) in [5, 5.41) is 3.40. The second-order valence-electron chi connectivity index (χ2n) is 7.16. The predicted octanol–water partition coefficient (Wildman–Crippen LogP) is 2.21. The van der Waals surface area contributed by atoms with Gasteiger partial charge in [-0.25, -0.2) is 0 Å². The van der Waals surface area contributed by atoms with Crippen LogP contribution in [0.15, 0.2) is 24.3 Å². The average Bonchev–Trinajstić information content (AvgIpc) is 2.60. The third kappa shape index (κ3) is 5.46. The summed E-state index contributed by atoms with van der Waals surface area (Å²) in [6, 6.07) is 5.96. The van der Waals surface area contributed by atoms with Crippen LogP contribution < -0.4 is 11.1 Å². The van der Waals surface area contributed by atoms with Crippen molar-refractivity contribution in [2.45, 2.75) is 39.2 Å². The van der Waals surface area contributed by atoms with Gasteiger partial charge in [0.2, 0.25) is 11.8 Å². The quantitative estimate of drug-likeness (QED) is 0.793. The van der Waals surface area contributed by atoms with Crippen molar-refractivity contribution < 1.29 is 14.4 Å². The highest BCUT2D eigenvalue weighted by Crippen LogP contribution is 2.19. The summed E-state index contributed by atoms with van der Waals surface area (Å²) in [6.45, 7) is 4.98. The van der Waals surface area contributed by atoms with E-state index >= 15 is 0 Å². The van der Waals surface area contributed by atoms with Crippen LogP contribution >= 0.6 is 11.6 Å². The molecule has 1 aliphatic heterocycles. The molecule has 6 nitrogen and oxygen atoms in total. The average molecular weight is 380 g/mol. The number of likely N-dealkylation sites (tertiary alicyclic amines) is 1. The molecule has 1 atom stereocenters. The molecule has 26 heavy (non-hydrogen) atoms. The molecule has 0 saturated carbocycles. The first-order chi connectivity index (χ1) is 12.3. The number of halogens is 1. The van der Waals surface area contributed by atoms with E-state index in [1.165, 1.54) is 0 Å². The number of carbonyl (C=O) groups excluding carboxylic acids is 3. The first kappa shape index (κ1) is 20.2. The van der Waals surface area contributed by atoms with Crippen molar-refractivity contribution in [3.05, 3.63) is 34.9 Å². The molecule has 0 bridgehead atoms. The molecule has 142 valence electrons. The van der Waals surface area contributed by atoms with Crippen molar-refractivity contribution >= 4 is 29.3 Å². The van der Waals surface area contributed by atoms with Crippen LogP contribution in [0.1, 0.15) is 43.5 Å². The number of nitrogens with one attached hydrogen (secondary N) is 1. The van der Waals surface area contributed by atoms with Crippen molar-refractivity contribution in [2.75, 3.05) is 13.1 Å². The highest BCUT2D eigenvalue weighted by Gasteiger charge is 2.31. The maximum Gasteiger partial charge on any atom is 0.251 e. The van der Waals surface area contributed by atoms with Gasteiger partial charge in [0, 0.05) is 29.6 Å². The lowest BCUT2D eigenvalue weighted by atomic mass is 9.95. The fraction of sp³-hybridized carbons (Fsp3) is 0.526. The van der Waals surface area contributed by atoms with E-state index in [4.69, 9.17) is 17.3 Å². The number of benzene rings is 1. The lowest BCUT2D eigenvalue weighted by Gasteiger charge is -2.33. The number of primary amides is 1. The first-order valence-electron chi connectivity index (χ1n) is 8.92. The van der Waals surface area contributed by atoms with Gasteiger partial charge in [-0.15, -0.1) is 0 Å². The molecular formula is C19H26ClN3O3. The fourth-order valence-electron chi connectivity index (χ4n) is 3.14. The number of rotatable bonds is 6. The Morgan fingerprint density at radius 1 is 1.19 bits per heavy atom. The molecule has 1 aliphatic rings. The van der Waals surface area contributed by atoms with Gasteiger partial charge in [-0.3, -0.25) is 14.4 Å².